The van der Waals surface area contributed by atoms with Crippen LogP contribution in [-0.4, -0.2) is 47.0 Å². The molecule has 2 aliphatic rings. The van der Waals surface area contributed by atoms with E-state index in [0.717, 1.165) is 6.42 Å². The molecule has 2 fully saturated rings. The second-order valence-electron chi connectivity index (χ2n) is 5.96. The van der Waals surface area contributed by atoms with Crippen LogP contribution >= 0.6 is 0 Å². The Morgan fingerprint density at radius 3 is 2.47 bits per heavy atom. The highest BCUT2D eigenvalue weighted by molar-refractivity contribution is 6.02. The van der Waals surface area contributed by atoms with Crippen LogP contribution in [0, 0.1) is 0 Å². The van der Waals surface area contributed by atoms with Crippen LogP contribution in [0.15, 0.2) is 0 Å². The van der Waals surface area contributed by atoms with Crippen LogP contribution in [0.1, 0.15) is 47.0 Å². The highest BCUT2D eigenvalue weighted by Crippen LogP contribution is 2.34. The van der Waals surface area contributed by atoms with Crippen molar-refractivity contribution in [3.63, 3.8) is 0 Å². The van der Waals surface area contributed by atoms with E-state index in [1.165, 1.54) is 0 Å². The number of nitrogens with zero attached hydrogens (tertiary/aromatic N) is 1. The van der Waals surface area contributed by atoms with Gasteiger partial charge < -0.3 is 15.0 Å². The molecule has 0 aromatic carbocycles. The van der Waals surface area contributed by atoms with Crippen molar-refractivity contribution in [3.05, 3.63) is 0 Å². The van der Waals surface area contributed by atoms with Gasteiger partial charge in [0.25, 0.3) is 0 Å². The molecule has 3 atom stereocenters. The van der Waals surface area contributed by atoms with Gasteiger partial charge >= 0.3 is 0 Å². The first-order valence-electron chi connectivity index (χ1n) is 7.13. The summed E-state index contributed by atoms with van der Waals surface area (Å²) in [6, 6.07) is 0.0226. The van der Waals surface area contributed by atoms with E-state index in [1.807, 2.05) is 27.7 Å². The molecule has 2 aliphatic heterocycles. The summed E-state index contributed by atoms with van der Waals surface area (Å²) in [6.07, 6.45) is 2.02. The second-order valence-corrected chi connectivity index (χ2v) is 5.96. The Balaban J connectivity index is 2.41. The van der Waals surface area contributed by atoms with Crippen molar-refractivity contribution in [1.82, 2.24) is 10.2 Å². The van der Waals surface area contributed by atoms with Gasteiger partial charge in [-0.15, -0.1) is 0 Å². The molecule has 2 rings (SSSR count). The fourth-order valence-electron chi connectivity index (χ4n) is 2.90. The lowest BCUT2D eigenvalue weighted by Crippen LogP contribution is -2.75. The molecular weight excluding hydrogens is 244 g/mol. The number of carbonyl (C=O) groups excluding carboxylic acids is 2. The van der Waals surface area contributed by atoms with Gasteiger partial charge in [-0.2, -0.15) is 0 Å². The van der Waals surface area contributed by atoms with Crippen LogP contribution in [0.2, 0.25) is 0 Å². The van der Waals surface area contributed by atoms with Crippen molar-refractivity contribution in [1.29, 1.82) is 0 Å². The fraction of sp³-hybridized carbons (Fsp3) is 0.857. The summed E-state index contributed by atoms with van der Waals surface area (Å²) in [7, 11) is 0. The van der Waals surface area contributed by atoms with Crippen LogP contribution in [-0.2, 0) is 14.3 Å². The molecule has 0 bridgehead atoms. The largest absolute Gasteiger partial charge is 0.379 e. The Bertz CT molecular complexity index is 392. The summed E-state index contributed by atoms with van der Waals surface area (Å²) in [4.78, 5) is 27.1. The zero-order chi connectivity index (χ0) is 14.3. The summed E-state index contributed by atoms with van der Waals surface area (Å²) >= 11 is 0. The van der Waals surface area contributed by atoms with Crippen LogP contribution in [0.3, 0.4) is 0 Å². The van der Waals surface area contributed by atoms with Crippen molar-refractivity contribution >= 4 is 11.8 Å². The average molecular weight is 268 g/mol. The van der Waals surface area contributed by atoms with Gasteiger partial charge in [0, 0.05) is 6.61 Å². The number of hydrogen-bond acceptors (Lipinski definition) is 3. The number of rotatable bonds is 3. The summed E-state index contributed by atoms with van der Waals surface area (Å²) in [5.74, 6) is -0.0275. The molecule has 108 valence electrons. The number of hydrogen-bond donors (Lipinski definition) is 1. The number of nitrogens with one attached hydrogen (secondary N) is 1. The zero-order valence-electron chi connectivity index (χ0n) is 12.3. The van der Waals surface area contributed by atoms with Crippen molar-refractivity contribution < 1.29 is 14.3 Å². The Morgan fingerprint density at radius 2 is 2.00 bits per heavy atom. The lowest BCUT2D eigenvalue weighted by molar-refractivity contribution is -0.165. The first-order valence-corrected chi connectivity index (χ1v) is 7.13. The van der Waals surface area contributed by atoms with Crippen LogP contribution in [0.25, 0.3) is 0 Å². The minimum absolute atomic E-state index is 0.0226. The molecule has 2 saturated heterocycles. The zero-order valence-corrected chi connectivity index (χ0v) is 12.3. The maximum Gasteiger partial charge on any atom is 0.249 e. The third-order valence-corrected chi connectivity index (χ3v) is 4.77. The van der Waals surface area contributed by atoms with Gasteiger partial charge in [-0.1, -0.05) is 13.8 Å². The summed E-state index contributed by atoms with van der Waals surface area (Å²) in [6.45, 7) is 8.74. The molecule has 0 radical (unpaired) electrons. The van der Waals surface area contributed by atoms with Gasteiger partial charge in [-0.25, -0.2) is 0 Å². The van der Waals surface area contributed by atoms with Gasteiger partial charge in [-0.05, 0) is 33.1 Å². The predicted octanol–water partition coefficient (Wildman–Crippen LogP) is 1.07. The molecule has 0 spiro atoms. The second kappa shape index (κ2) is 4.78. The monoisotopic (exact) mass is 268 g/mol. The molecule has 19 heavy (non-hydrogen) atoms. The topological polar surface area (TPSA) is 58.6 Å². The SMILES string of the molecule is CCC1(C)NC(=O)C(C)(CC)N(C2CCOC2)C1=O. The van der Waals surface area contributed by atoms with Crippen molar-refractivity contribution in [2.24, 2.45) is 0 Å². The van der Waals surface area contributed by atoms with E-state index in [2.05, 4.69) is 5.32 Å². The van der Waals surface area contributed by atoms with Gasteiger partial charge in [0.1, 0.15) is 11.1 Å². The molecule has 2 amide bonds. The molecule has 0 aromatic rings. The molecular formula is C14H24N2O3. The van der Waals surface area contributed by atoms with Crippen molar-refractivity contribution in [2.75, 3.05) is 13.2 Å². The van der Waals surface area contributed by atoms with Crippen molar-refractivity contribution in [3.8, 4) is 0 Å². The maximum absolute atomic E-state index is 12.8. The standard InChI is InChI=1S/C14H24N2O3/c1-5-13(3)12(18)16(10-7-8-19-9-10)14(4,6-2)11(17)15-13/h10H,5-9H2,1-4H3,(H,15,17). The highest BCUT2D eigenvalue weighted by atomic mass is 16.5. The first-order chi connectivity index (χ1) is 8.89. The smallest absolute Gasteiger partial charge is 0.249 e. The van der Waals surface area contributed by atoms with Crippen LogP contribution in [0.4, 0.5) is 0 Å². The lowest BCUT2D eigenvalue weighted by Gasteiger charge is -2.52. The average Bonchev–Trinajstić information content (AvgIpc) is 2.90. The molecule has 0 aliphatic carbocycles. The third-order valence-electron chi connectivity index (χ3n) is 4.77. The quantitative estimate of drug-likeness (QED) is 0.833. The minimum atomic E-state index is -0.783. The summed E-state index contributed by atoms with van der Waals surface area (Å²) < 4.78 is 5.41. The van der Waals surface area contributed by atoms with Crippen LogP contribution < -0.4 is 5.32 Å². The summed E-state index contributed by atoms with van der Waals surface area (Å²) in [5, 5.41) is 2.92. The summed E-state index contributed by atoms with van der Waals surface area (Å²) in [5.41, 5.74) is -1.54. The first kappa shape index (κ1) is 14.3. The number of piperazine rings is 1. The normalized spacial score (nSPS) is 39.6. The molecule has 1 N–H and O–H groups in total. The molecule has 5 nitrogen and oxygen atoms in total. The van der Waals surface area contributed by atoms with E-state index in [9.17, 15) is 9.59 Å². The number of carbonyl (C=O) groups is 2. The highest BCUT2D eigenvalue weighted by Gasteiger charge is 2.55. The van der Waals surface area contributed by atoms with Gasteiger partial charge in [0.05, 0.1) is 12.6 Å². The van der Waals surface area contributed by atoms with E-state index in [0.29, 0.717) is 26.1 Å². The fourth-order valence-corrected chi connectivity index (χ4v) is 2.90. The molecule has 2 heterocycles. The van der Waals surface area contributed by atoms with Crippen molar-refractivity contribution in [2.45, 2.75) is 64.1 Å². The molecule has 5 heteroatoms. The number of ether oxygens (including phenoxy) is 1. The van der Waals surface area contributed by atoms with Crippen LogP contribution in [0.5, 0.6) is 0 Å². The third kappa shape index (κ3) is 2.04. The minimum Gasteiger partial charge on any atom is -0.379 e. The van der Waals surface area contributed by atoms with Gasteiger partial charge in [0.15, 0.2) is 0 Å². The lowest BCUT2D eigenvalue weighted by atomic mass is 9.82. The molecule has 0 saturated carbocycles. The van der Waals surface area contributed by atoms with E-state index >= 15 is 0 Å². The van der Waals surface area contributed by atoms with E-state index in [1.54, 1.807) is 4.90 Å². The molecule has 3 unspecified atom stereocenters. The van der Waals surface area contributed by atoms with E-state index in [-0.39, 0.29) is 17.9 Å². The number of amides is 2. The molecule has 0 aromatic heterocycles. The van der Waals surface area contributed by atoms with Gasteiger partial charge in [0.2, 0.25) is 11.8 Å². The Kier molecular flexibility index (Phi) is 3.60. The Labute approximate surface area is 114 Å². The van der Waals surface area contributed by atoms with E-state index < -0.39 is 11.1 Å². The predicted molar refractivity (Wildman–Crippen MR) is 71.6 cm³/mol. The van der Waals surface area contributed by atoms with E-state index in [4.69, 9.17) is 4.74 Å². The Morgan fingerprint density at radius 1 is 1.32 bits per heavy atom. The van der Waals surface area contributed by atoms with Gasteiger partial charge in [-0.3, -0.25) is 9.59 Å². The maximum atomic E-state index is 12.8. The Hall–Kier alpha value is -1.10.